The van der Waals surface area contributed by atoms with E-state index in [-0.39, 0.29) is 19.0 Å². The van der Waals surface area contributed by atoms with Crippen molar-refractivity contribution in [2.75, 3.05) is 13.7 Å². The van der Waals surface area contributed by atoms with Crippen LogP contribution in [0.25, 0.3) is 17.0 Å². The van der Waals surface area contributed by atoms with Gasteiger partial charge < -0.3 is 33.0 Å². The Kier molecular flexibility index (Phi) is 15.0. The minimum atomic E-state index is -0.614. The molecule has 8 nitrogen and oxygen atoms in total. The van der Waals surface area contributed by atoms with E-state index < -0.39 is 30.6 Å². The number of esters is 1. The molecule has 6 aromatic carbocycles. The first-order chi connectivity index (χ1) is 31.0. The quantitative estimate of drug-likeness (QED) is 0.0751. The Hall–Kier alpha value is -6.13. The molecule has 0 aliphatic carbocycles. The van der Waals surface area contributed by atoms with Gasteiger partial charge in [-0.15, -0.1) is 0 Å². The highest BCUT2D eigenvalue weighted by Gasteiger charge is 2.49. The predicted molar refractivity (Wildman–Crippen MR) is 247 cm³/mol. The molecule has 7 aromatic rings. The summed E-state index contributed by atoms with van der Waals surface area (Å²) in [5.74, 6) is -0.264. The average Bonchev–Trinajstić information content (AvgIpc) is 3.70. The maximum Gasteiger partial charge on any atom is 0.309 e. The summed E-state index contributed by atoms with van der Waals surface area (Å²) in [5, 5.41) is 1.17. The summed E-state index contributed by atoms with van der Waals surface area (Å²) in [4.78, 5) is 11.6. The second-order valence-electron chi connectivity index (χ2n) is 16.0. The van der Waals surface area contributed by atoms with Crippen LogP contribution >= 0.6 is 0 Å². The summed E-state index contributed by atoms with van der Waals surface area (Å²) < 4.78 is 42.0. The molecule has 0 N–H and O–H groups in total. The van der Waals surface area contributed by atoms with Crippen LogP contribution in [0.5, 0.6) is 0 Å². The number of methoxy groups -OCH3 is 1. The van der Waals surface area contributed by atoms with Gasteiger partial charge >= 0.3 is 5.97 Å². The fourth-order valence-corrected chi connectivity index (χ4v) is 8.26. The van der Waals surface area contributed by atoms with Crippen LogP contribution in [-0.2, 0) is 66.1 Å². The molecule has 1 saturated heterocycles. The summed E-state index contributed by atoms with van der Waals surface area (Å²) in [6.45, 7) is 3.93. The van der Waals surface area contributed by atoms with E-state index in [1.54, 1.807) is 0 Å². The maximum absolute atomic E-state index is 11.6. The zero-order valence-electron chi connectivity index (χ0n) is 36.0. The molecule has 0 bridgehead atoms. The first kappa shape index (κ1) is 43.5. The van der Waals surface area contributed by atoms with Crippen LogP contribution in [0, 0.1) is 6.92 Å². The highest BCUT2D eigenvalue weighted by Crippen LogP contribution is 2.39. The van der Waals surface area contributed by atoms with Crippen molar-refractivity contribution in [3.05, 3.63) is 221 Å². The zero-order valence-corrected chi connectivity index (χ0v) is 36.0. The molecule has 8 heteroatoms. The summed E-state index contributed by atoms with van der Waals surface area (Å²) in [5.41, 5.74) is 9.79. The van der Waals surface area contributed by atoms with Gasteiger partial charge in [0.1, 0.15) is 24.4 Å². The maximum atomic E-state index is 11.6. The fraction of sp³-hybridized carbons (Fsp3) is 0.255. The van der Waals surface area contributed by atoms with E-state index in [2.05, 4.69) is 109 Å². The molecule has 322 valence electrons. The normalized spacial score (nSPS) is 18.8. The van der Waals surface area contributed by atoms with Gasteiger partial charge in [0.05, 0.1) is 52.1 Å². The Morgan fingerprint density at radius 1 is 0.603 bits per heavy atom. The lowest BCUT2D eigenvalue weighted by atomic mass is 9.96. The second-order valence-corrected chi connectivity index (χ2v) is 16.0. The van der Waals surface area contributed by atoms with Crippen LogP contribution in [0.4, 0.5) is 0 Å². The minimum Gasteiger partial charge on any atom is -0.469 e. The number of carbonyl (C=O) groups is 1. The monoisotopic (exact) mass is 841 g/mol. The molecule has 63 heavy (non-hydrogen) atoms. The smallest absolute Gasteiger partial charge is 0.309 e. The molecule has 0 unspecified atom stereocenters. The summed E-state index contributed by atoms with van der Waals surface area (Å²) in [7, 11) is 1.40. The number of rotatable bonds is 19. The van der Waals surface area contributed by atoms with Crippen LogP contribution in [0.15, 0.2) is 176 Å². The van der Waals surface area contributed by atoms with E-state index in [0.717, 1.165) is 38.9 Å². The number of fused-ring (bicyclic) bond motifs is 1. The molecular weight excluding hydrogens is 787 g/mol. The number of hydrogen-bond acceptors (Lipinski definition) is 7. The highest BCUT2D eigenvalue weighted by molar-refractivity contribution is 5.87. The molecule has 1 aromatic heterocycles. The Morgan fingerprint density at radius 3 is 1.71 bits per heavy atom. The molecular formula is C55H55NO7. The lowest BCUT2D eigenvalue weighted by Gasteiger charge is -2.46. The van der Waals surface area contributed by atoms with Gasteiger partial charge in [-0.05, 0) is 63.9 Å². The van der Waals surface area contributed by atoms with Gasteiger partial charge in [0.15, 0.2) is 6.23 Å². The minimum absolute atomic E-state index is 0.231. The number of benzene rings is 6. The van der Waals surface area contributed by atoms with E-state index in [4.69, 9.17) is 28.4 Å². The van der Waals surface area contributed by atoms with E-state index in [9.17, 15) is 4.79 Å². The average molecular weight is 842 g/mol. The third-order valence-electron chi connectivity index (χ3n) is 11.5. The van der Waals surface area contributed by atoms with Crippen molar-refractivity contribution in [3.8, 4) is 0 Å². The van der Waals surface area contributed by atoms with Crippen molar-refractivity contribution in [1.82, 2.24) is 4.57 Å². The van der Waals surface area contributed by atoms with Gasteiger partial charge in [-0.1, -0.05) is 170 Å². The van der Waals surface area contributed by atoms with Crippen molar-refractivity contribution < 1.29 is 33.2 Å². The second kappa shape index (κ2) is 21.8. The molecule has 8 rings (SSSR count). The molecule has 0 saturated carbocycles. The van der Waals surface area contributed by atoms with Crippen molar-refractivity contribution >= 4 is 22.9 Å². The summed E-state index contributed by atoms with van der Waals surface area (Å²) in [6.07, 6.45) is 4.08. The van der Waals surface area contributed by atoms with E-state index >= 15 is 0 Å². The van der Waals surface area contributed by atoms with Crippen LogP contribution in [0.2, 0.25) is 0 Å². The summed E-state index contributed by atoms with van der Waals surface area (Å²) >= 11 is 0. The molecule has 0 radical (unpaired) electrons. The molecule has 1 aliphatic heterocycles. The molecule has 2 heterocycles. The van der Waals surface area contributed by atoms with Crippen molar-refractivity contribution in [1.29, 1.82) is 0 Å². The third-order valence-corrected chi connectivity index (χ3v) is 11.5. The van der Waals surface area contributed by atoms with E-state index in [0.29, 0.717) is 32.8 Å². The predicted octanol–water partition coefficient (Wildman–Crippen LogP) is 11.0. The zero-order chi connectivity index (χ0) is 43.2. The SMILES string of the molecule is COC(=O)CC=Cc1ccc(Cc2cn([C@@H]3O[C@H](COCc4ccccc4)[C@@H](OCc4ccccc4)[C@H](OCc4ccccc4)[C@H]3OCc3ccccc3)c3cccc(C)c23)cc1. The number of ether oxygens (including phenoxy) is 6. The van der Waals surface area contributed by atoms with Crippen molar-refractivity contribution in [3.63, 3.8) is 0 Å². The molecule has 0 spiro atoms. The molecule has 5 atom stereocenters. The van der Waals surface area contributed by atoms with Crippen LogP contribution in [-0.4, -0.2) is 48.7 Å². The number of aryl methyl sites for hydroxylation is 1. The number of aromatic nitrogens is 1. The molecule has 1 aliphatic rings. The highest BCUT2D eigenvalue weighted by atomic mass is 16.6. The Morgan fingerprint density at radius 2 is 1.14 bits per heavy atom. The molecule has 0 amide bonds. The number of nitrogens with zero attached hydrogens (tertiary/aromatic N) is 1. The molecule has 1 fully saturated rings. The van der Waals surface area contributed by atoms with Crippen LogP contribution in [0.1, 0.15) is 57.2 Å². The van der Waals surface area contributed by atoms with Crippen molar-refractivity contribution in [2.45, 2.75) is 76.8 Å². The summed E-state index contributed by atoms with van der Waals surface area (Å²) in [6, 6.07) is 55.7. The fourth-order valence-electron chi connectivity index (χ4n) is 8.26. The Bertz CT molecular complexity index is 2510. The van der Waals surface area contributed by atoms with Crippen LogP contribution < -0.4 is 0 Å². The van der Waals surface area contributed by atoms with Gasteiger partial charge in [0, 0.05) is 11.6 Å². The number of carbonyl (C=O) groups excluding carboxylic acids is 1. The first-order valence-corrected chi connectivity index (χ1v) is 21.7. The standard InChI is InChI=1S/C55H55NO7/c1-40-17-15-27-48-51(40)47(33-42-31-29-41(30-32-42)26-16-28-50(57)58-2)34-56(48)55-54(62-38-46-24-13-6-14-25-46)53(61-37-45-22-11-5-12-23-45)52(60-36-44-20-9-4-10-21-44)49(63-55)39-59-35-43-18-7-3-8-19-43/h3-27,29-32,34,49,52-55H,28,33,35-39H2,1-2H3/t49-,52-,53+,54-,55-/m1/s1. The topological polar surface area (TPSA) is 77.4 Å². The lowest BCUT2D eigenvalue weighted by molar-refractivity contribution is -0.289. The Balaban J connectivity index is 1.18. The third kappa shape index (κ3) is 11.5. The lowest BCUT2D eigenvalue weighted by Crippen LogP contribution is -2.59. The van der Waals surface area contributed by atoms with Gasteiger partial charge in [0.25, 0.3) is 0 Å². The van der Waals surface area contributed by atoms with Gasteiger partial charge in [0.2, 0.25) is 0 Å². The largest absolute Gasteiger partial charge is 0.469 e. The van der Waals surface area contributed by atoms with Crippen molar-refractivity contribution in [2.24, 2.45) is 0 Å². The van der Waals surface area contributed by atoms with Gasteiger partial charge in [-0.25, -0.2) is 0 Å². The van der Waals surface area contributed by atoms with Crippen LogP contribution in [0.3, 0.4) is 0 Å². The van der Waals surface area contributed by atoms with Gasteiger partial charge in [-0.3, -0.25) is 4.79 Å². The van der Waals surface area contributed by atoms with E-state index in [1.165, 1.54) is 23.6 Å². The van der Waals surface area contributed by atoms with E-state index in [1.807, 2.05) is 84.9 Å². The first-order valence-electron chi connectivity index (χ1n) is 21.7. The Labute approximate surface area is 370 Å². The van der Waals surface area contributed by atoms with Gasteiger partial charge in [-0.2, -0.15) is 0 Å². The number of hydrogen-bond donors (Lipinski definition) is 0.